The van der Waals surface area contributed by atoms with Crippen LogP contribution in [-0.4, -0.2) is 63.4 Å². The Kier molecular flexibility index (Phi) is 22.5. The second kappa shape index (κ2) is 25.3. The van der Waals surface area contributed by atoms with E-state index >= 15 is 0 Å². The highest BCUT2D eigenvalue weighted by Gasteiger charge is 2.27. The molecule has 5 nitrogen and oxygen atoms in total. The average molecular weight is 763 g/mol. The first kappa shape index (κ1) is 40.8. The van der Waals surface area contributed by atoms with Gasteiger partial charge in [-0.3, -0.25) is 0 Å². The number of thioether (sulfide) groups is 7. The highest BCUT2D eigenvalue weighted by Crippen LogP contribution is 2.63. The van der Waals surface area contributed by atoms with Crippen molar-refractivity contribution in [2.24, 2.45) is 0 Å². The predicted molar refractivity (Wildman–Crippen MR) is 219 cm³/mol. The van der Waals surface area contributed by atoms with E-state index in [4.69, 9.17) is 19.9 Å². The van der Waals surface area contributed by atoms with Gasteiger partial charge in [-0.15, -0.1) is 35.3 Å². The summed E-state index contributed by atoms with van der Waals surface area (Å²) in [6, 6.07) is 4.10. The summed E-state index contributed by atoms with van der Waals surface area (Å²) in [5.41, 5.74) is 10.3. The fraction of sp³-hybridized carbons (Fsp3) is 0.647. The number of hydrogen-bond acceptors (Lipinski definition) is 12. The van der Waals surface area contributed by atoms with Crippen LogP contribution in [0.1, 0.15) is 76.3 Å². The Bertz CT molecular complexity index is 1100. The van der Waals surface area contributed by atoms with Crippen molar-refractivity contribution in [3.05, 3.63) is 49.9 Å². The Hall–Kier alpha value is 0.370. The second-order valence-corrected chi connectivity index (χ2v) is 19.6. The molecule has 0 saturated carbocycles. The van der Waals surface area contributed by atoms with Gasteiger partial charge in [0.25, 0.3) is 0 Å². The molecule has 0 radical (unpaired) electrons. The predicted octanol–water partition coefficient (Wildman–Crippen LogP) is 11.7. The van der Waals surface area contributed by atoms with Crippen molar-refractivity contribution in [1.82, 2.24) is 0 Å². The lowest BCUT2D eigenvalue weighted by atomic mass is 10.1. The van der Waals surface area contributed by atoms with E-state index in [1.165, 1.54) is 86.7 Å². The topological polar surface area (TPSA) is 65.7 Å². The van der Waals surface area contributed by atoms with Gasteiger partial charge in [-0.1, -0.05) is 99.4 Å². The summed E-state index contributed by atoms with van der Waals surface area (Å²) in [4.78, 5) is 0. The molecule has 2 heterocycles. The van der Waals surface area contributed by atoms with Crippen molar-refractivity contribution in [2.75, 3.05) is 74.5 Å². The summed E-state index contributed by atoms with van der Waals surface area (Å²) in [5, 5.41) is 5.67. The van der Waals surface area contributed by atoms with Crippen LogP contribution in [0.4, 0.5) is 11.4 Å². The molecule has 0 aliphatic carbocycles. The molecule has 0 spiro atoms. The van der Waals surface area contributed by atoms with Crippen LogP contribution in [0.2, 0.25) is 0 Å². The molecule has 0 atom stereocenters. The average Bonchev–Trinajstić information content (AvgIpc) is 3.69. The number of benzene rings is 1. The van der Waals surface area contributed by atoms with E-state index in [9.17, 15) is 0 Å². The van der Waals surface area contributed by atoms with Gasteiger partial charge in [0.1, 0.15) is 0 Å². The van der Waals surface area contributed by atoms with E-state index in [1.54, 1.807) is 8.47 Å². The summed E-state index contributed by atoms with van der Waals surface area (Å²) in [6.45, 7) is 13.2. The summed E-state index contributed by atoms with van der Waals surface area (Å²) in [5.74, 6) is 3.44. The van der Waals surface area contributed by atoms with E-state index in [0.717, 1.165) is 23.7 Å². The van der Waals surface area contributed by atoms with Crippen molar-refractivity contribution in [1.29, 1.82) is 0 Å². The summed E-state index contributed by atoms with van der Waals surface area (Å²) >= 11 is 14.0. The van der Waals surface area contributed by atoms with E-state index in [1.807, 2.05) is 64.9 Å². The standard InChI is InChI=1S/C34H54N2O3S7/c1-5-7-9-11-20-41-31-32(42-21-12-10-8-6-2)46-34(45-31)33-43-25-30(44-33)40-22-19-39-18-17-38-16-15-37-14-13-36-29-24-27(4)26(3)23-28(29)35/h23-25,36H,5-22,35H2,1-4H3. The number of rotatable bonds is 26. The molecule has 260 valence electrons. The smallest absolute Gasteiger partial charge is 0.0717 e. The number of ether oxygens (including phenoxy) is 3. The molecular formula is C34H54N2O3S7. The summed E-state index contributed by atoms with van der Waals surface area (Å²) in [7, 11) is 0. The van der Waals surface area contributed by atoms with Crippen molar-refractivity contribution in [3.8, 4) is 0 Å². The van der Waals surface area contributed by atoms with Crippen LogP contribution in [0.25, 0.3) is 0 Å². The van der Waals surface area contributed by atoms with Crippen molar-refractivity contribution < 1.29 is 14.2 Å². The van der Waals surface area contributed by atoms with Gasteiger partial charge < -0.3 is 25.3 Å². The minimum Gasteiger partial charge on any atom is -0.397 e. The van der Waals surface area contributed by atoms with Crippen LogP contribution in [0.3, 0.4) is 0 Å². The quantitative estimate of drug-likeness (QED) is 0.0697. The summed E-state index contributed by atoms with van der Waals surface area (Å²) in [6.07, 6.45) is 10.7. The van der Waals surface area contributed by atoms with Crippen LogP contribution >= 0.6 is 82.3 Å². The van der Waals surface area contributed by atoms with E-state index < -0.39 is 0 Å². The molecule has 0 saturated heterocycles. The number of hydrogen-bond donors (Lipinski definition) is 2. The molecule has 12 heteroatoms. The van der Waals surface area contributed by atoms with Crippen LogP contribution in [-0.2, 0) is 14.2 Å². The third-order valence-electron chi connectivity index (χ3n) is 7.07. The molecule has 1 aromatic rings. The third-order valence-corrected chi connectivity index (χ3v) is 17.0. The lowest BCUT2D eigenvalue weighted by Crippen LogP contribution is -2.14. The fourth-order valence-electron chi connectivity index (χ4n) is 4.31. The van der Waals surface area contributed by atoms with Crippen LogP contribution in [0.15, 0.2) is 38.7 Å². The lowest BCUT2D eigenvalue weighted by molar-refractivity contribution is 0.0194. The molecule has 2 aliphatic rings. The maximum Gasteiger partial charge on any atom is 0.0717 e. The Morgan fingerprint density at radius 2 is 1.24 bits per heavy atom. The molecule has 0 bridgehead atoms. The van der Waals surface area contributed by atoms with E-state index in [0.29, 0.717) is 39.6 Å². The second-order valence-electron chi connectivity index (χ2n) is 11.0. The molecule has 2 aliphatic heterocycles. The summed E-state index contributed by atoms with van der Waals surface area (Å²) < 4.78 is 24.6. The van der Waals surface area contributed by atoms with E-state index in [-0.39, 0.29) is 0 Å². The SMILES string of the molecule is CCCCCCSC1=C(SCCCCCC)SC(=C2SC=C(SCCOCCOCCOCCNc3cc(C)c(C)cc3N)S2)S1. The number of unbranched alkanes of at least 4 members (excludes halogenated alkanes) is 6. The van der Waals surface area contributed by atoms with Crippen molar-refractivity contribution >= 4 is 93.7 Å². The minimum absolute atomic E-state index is 0.575. The fourth-order valence-corrected chi connectivity index (χ4v) is 14.2. The molecular weight excluding hydrogens is 709 g/mol. The maximum atomic E-state index is 6.10. The molecule has 0 fully saturated rings. The van der Waals surface area contributed by atoms with Gasteiger partial charge in [-0.25, -0.2) is 0 Å². The van der Waals surface area contributed by atoms with Gasteiger partial charge in [0.2, 0.25) is 0 Å². The largest absolute Gasteiger partial charge is 0.397 e. The van der Waals surface area contributed by atoms with Gasteiger partial charge in [0.05, 0.1) is 72.2 Å². The first-order chi connectivity index (χ1) is 22.5. The highest BCUT2D eigenvalue weighted by atomic mass is 32.3. The first-order valence-corrected chi connectivity index (χ1v) is 22.9. The number of nitrogens with two attached hydrogens (primary N) is 1. The zero-order valence-electron chi connectivity index (χ0n) is 28.1. The van der Waals surface area contributed by atoms with Crippen LogP contribution < -0.4 is 11.1 Å². The lowest BCUT2D eigenvalue weighted by Gasteiger charge is -2.12. The zero-order chi connectivity index (χ0) is 32.8. The maximum absolute atomic E-state index is 6.10. The van der Waals surface area contributed by atoms with Gasteiger partial charge in [0.15, 0.2) is 0 Å². The molecule has 3 N–H and O–H groups in total. The number of anilines is 2. The normalized spacial score (nSPS) is 15.0. The first-order valence-electron chi connectivity index (χ1n) is 16.6. The molecule has 1 aromatic carbocycles. The Labute approximate surface area is 309 Å². The molecule has 0 unspecified atom stereocenters. The Morgan fingerprint density at radius 1 is 0.652 bits per heavy atom. The zero-order valence-corrected chi connectivity index (χ0v) is 33.8. The molecule has 46 heavy (non-hydrogen) atoms. The van der Waals surface area contributed by atoms with Crippen LogP contribution in [0.5, 0.6) is 0 Å². The number of nitrogens with one attached hydrogen (secondary N) is 1. The van der Waals surface area contributed by atoms with Gasteiger partial charge in [-0.05, 0) is 66.9 Å². The number of aryl methyl sites for hydroxylation is 2. The van der Waals surface area contributed by atoms with Crippen molar-refractivity contribution in [3.63, 3.8) is 0 Å². The highest BCUT2D eigenvalue weighted by molar-refractivity contribution is 8.43. The Morgan fingerprint density at radius 3 is 1.87 bits per heavy atom. The molecule has 0 aromatic heterocycles. The minimum atomic E-state index is 0.575. The van der Waals surface area contributed by atoms with Gasteiger partial charge in [-0.2, -0.15) is 0 Å². The molecule has 0 amide bonds. The number of nitrogen functional groups attached to an aromatic ring is 1. The van der Waals surface area contributed by atoms with Crippen LogP contribution in [0, 0.1) is 13.8 Å². The third kappa shape index (κ3) is 16.4. The van der Waals surface area contributed by atoms with Gasteiger partial charge in [0, 0.05) is 12.3 Å². The monoisotopic (exact) mass is 762 g/mol. The van der Waals surface area contributed by atoms with Gasteiger partial charge >= 0.3 is 0 Å². The van der Waals surface area contributed by atoms with Crippen molar-refractivity contribution in [2.45, 2.75) is 79.1 Å². The Balaban J connectivity index is 1.21. The van der Waals surface area contributed by atoms with E-state index in [2.05, 4.69) is 68.0 Å². The molecule has 3 rings (SSSR count).